The van der Waals surface area contributed by atoms with Crippen molar-refractivity contribution in [3.05, 3.63) is 166 Å². The first-order valence-electron chi connectivity index (χ1n) is 22.5. The van der Waals surface area contributed by atoms with Crippen molar-refractivity contribution in [2.45, 2.75) is 65.2 Å². The molecule has 9 heteroatoms. The van der Waals surface area contributed by atoms with Crippen molar-refractivity contribution in [1.29, 1.82) is 0 Å². The number of ether oxygens (including phenoxy) is 6. The van der Waals surface area contributed by atoms with Gasteiger partial charge >= 0.3 is 11.9 Å². The molecule has 1 aliphatic heterocycles. The maximum atomic E-state index is 13.7. The second-order valence-corrected chi connectivity index (χ2v) is 16.5. The number of fused-ring (bicyclic) bond motifs is 3. The van der Waals surface area contributed by atoms with Crippen molar-refractivity contribution < 1.29 is 38.0 Å². The summed E-state index contributed by atoms with van der Waals surface area (Å²) in [5.41, 5.74) is 9.79. The number of carbonyl (C=O) groups excluding carboxylic acids is 2. The molecule has 0 amide bonds. The van der Waals surface area contributed by atoms with Gasteiger partial charge in [0.2, 0.25) is 0 Å². The van der Waals surface area contributed by atoms with Crippen LogP contribution < -0.4 is 14.2 Å². The minimum absolute atomic E-state index is 0.169. The Balaban J connectivity index is 0.997. The molecule has 1 heterocycles. The van der Waals surface area contributed by atoms with Crippen LogP contribution in [0.3, 0.4) is 0 Å². The van der Waals surface area contributed by atoms with E-state index in [1.54, 1.807) is 49.7 Å². The van der Waals surface area contributed by atoms with Crippen molar-refractivity contribution in [3.63, 3.8) is 0 Å². The van der Waals surface area contributed by atoms with Crippen LogP contribution in [0.4, 0.5) is 0 Å². The second kappa shape index (κ2) is 22.4. The Labute approximate surface area is 377 Å². The summed E-state index contributed by atoms with van der Waals surface area (Å²) in [6, 6.07) is 34.7. The van der Waals surface area contributed by atoms with Gasteiger partial charge in [0.25, 0.3) is 0 Å². The van der Waals surface area contributed by atoms with Crippen LogP contribution in [0.1, 0.15) is 101 Å². The number of carbonyl (C=O) groups is 2. The van der Waals surface area contributed by atoms with E-state index in [4.69, 9.17) is 33.4 Å². The van der Waals surface area contributed by atoms with Gasteiger partial charge in [-0.1, -0.05) is 100.0 Å². The fourth-order valence-electron chi connectivity index (χ4n) is 7.93. The molecule has 5 aromatic rings. The predicted molar refractivity (Wildman–Crippen MR) is 253 cm³/mol. The van der Waals surface area contributed by atoms with Gasteiger partial charge in [0, 0.05) is 30.2 Å². The first-order valence-corrected chi connectivity index (χ1v) is 22.5. The monoisotopic (exact) mass is 861 g/mol. The van der Waals surface area contributed by atoms with Gasteiger partial charge in [-0.3, -0.25) is 4.99 Å². The standard InChI is InChI=1S/C55H59NO8/c1-5-15-40-20-23-42(24-21-40)53(57)63-31-28-41-22-26-50(44(33-41)35-56-39(3)32-49-47-18-11-9-16-45(47)46-17-10-12-19-48(46)49)64-54(58)43-25-27-51(52(34-43)59-4)62-30-14-8-7-13-29-60-36-55(6-2)37-61-38-55/h9-12,16-27,32-35H,3,5-8,13-15,28-31,36-38H2,1-2,4H3/b56-35+. The van der Waals surface area contributed by atoms with Crippen LogP contribution in [0.2, 0.25) is 0 Å². The highest BCUT2D eigenvalue weighted by Gasteiger charge is 2.36. The number of unbranched alkanes of at least 4 members (excludes halogenated alkanes) is 3. The summed E-state index contributed by atoms with van der Waals surface area (Å²) >= 11 is 0. The van der Waals surface area contributed by atoms with Gasteiger partial charge < -0.3 is 28.4 Å². The summed E-state index contributed by atoms with van der Waals surface area (Å²) in [4.78, 5) is 31.3. The SMILES string of the molecule is C=C(C=C1c2ccccc2-c2ccccc21)/N=C/c1cc(CCOC(=O)c2ccc(CCC)cc2)ccc1OC(=O)c1ccc(OCCCCCCOCC2(CC)COC2)c(OC)c1. The van der Waals surface area contributed by atoms with Crippen molar-refractivity contribution in [2.75, 3.05) is 46.8 Å². The van der Waals surface area contributed by atoms with Crippen molar-refractivity contribution in [3.8, 4) is 28.4 Å². The van der Waals surface area contributed by atoms with E-state index in [-0.39, 0.29) is 18.0 Å². The van der Waals surface area contributed by atoms with Crippen LogP contribution in [-0.2, 0) is 27.1 Å². The second-order valence-electron chi connectivity index (χ2n) is 16.5. The lowest BCUT2D eigenvalue weighted by atomic mass is 9.84. The molecule has 1 saturated heterocycles. The minimum atomic E-state index is -0.567. The topological polar surface area (TPSA) is 102 Å². The molecular formula is C55H59NO8. The number of allylic oxidation sites excluding steroid dienone is 1. The molecule has 1 aliphatic carbocycles. The Morgan fingerprint density at radius 2 is 1.36 bits per heavy atom. The van der Waals surface area contributed by atoms with Crippen LogP contribution in [0.25, 0.3) is 16.7 Å². The molecule has 0 radical (unpaired) electrons. The Hall–Kier alpha value is -6.29. The van der Waals surface area contributed by atoms with Gasteiger partial charge in [-0.05, 0) is 120 Å². The smallest absolute Gasteiger partial charge is 0.343 e. The van der Waals surface area contributed by atoms with Crippen molar-refractivity contribution in [2.24, 2.45) is 10.4 Å². The molecule has 0 saturated carbocycles. The number of rotatable bonds is 23. The lowest BCUT2D eigenvalue weighted by molar-refractivity contribution is -0.150. The molecule has 0 unspecified atom stereocenters. The van der Waals surface area contributed by atoms with E-state index < -0.39 is 5.97 Å². The van der Waals surface area contributed by atoms with Crippen LogP contribution >= 0.6 is 0 Å². The molecule has 7 rings (SSSR count). The zero-order valence-corrected chi connectivity index (χ0v) is 37.4. The van der Waals surface area contributed by atoms with E-state index in [0.29, 0.717) is 52.7 Å². The number of nitrogens with zero attached hydrogens (tertiary/aromatic N) is 1. The predicted octanol–water partition coefficient (Wildman–Crippen LogP) is 11.7. The summed E-state index contributed by atoms with van der Waals surface area (Å²) in [5.74, 6) is 0.365. The Morgan fingerprint density at radius 3 is 2.02 bits per heavy atom. The molecule has 0 N–H and O–H groups in total. The van der Waals surface area contributed by atoms with E-state index in [2.05, 4.69) is 44.7 Å². The fraction of sp³-hybridized carbons (Fsp3) is 0.327. The van der Waals surface area contributed by atoms with Crippen LogP contribution in [0.15, 0.2) is 133 Å². The molecule has 1 fully saturated rings. The zero-order valence-electron chi connectivity index (χ0n) is 37.4. The van der Waals surface area contributed by atoms with Gasteiger partial charge in [-0.2, -0.15) is 0 Å². The highest BCUT2D eigenvalue weighted by molar-refractivity contribution is 6.02. The Bertz CT molecular complexity index is 2410. The number of esters is 2. The summed E-state index contributed by atoms with van der Waals surface area (Å²) < 4.78 is 34.7. The van der Waals surface area contributed by atoms with Crippen molar-refractivity contribution >= 4 is 23.7 Å². The number of aliphatic imine (C=N–C) groups is 1. The van der Waals surface area contributed by atoms with E-state index in [9.17, 15) is 9.59 Å². The highest BCUT2D eigenvalue weighted by atomic mass is 16.5. The molecule has 332 valence electrons. The Kier molecular flexibility index (Phi) is 16.0. The van der Waals surface area contributed by atoms with Gasteiger partial charge in [0.15, 0.2) is 11.5 Å². The number of methoxy groups -OCH3 is 1. The summed E-state index contributed by atoms with van der Waals surface area (Å²) in [6.07, 6.45) is 11.1. The van der Waals surface area contributed by atoms with E-state index in [0.717, 1.165) is 93.6 Å². The van der Waals surface area contributed by atoms with Crippen LogP contribution in [0, 0.1) is 5.41 Å². The first-order chi connectivity index (χ1) is 31.3. The number of benzene rings is 5. The molecule has 5 aromatic carbocycles. The quantitative estimate of drug-likeness (QED) is 0.0272. The first kappa shape index (κ1) is 45.7. The van der Waals surface area contributed by atoms with Gasteiger partial charge in [-0.15, -0.1) is 0 Å². The number of hydrogen-bond donors (Lipinski definition) is 0. The van der Waals surface area contributed by atoms with Gasteiger partial charge in [0.1, 0.15) is 5.75 Å². The molecule has 2 aliphatic rings. The molecule has 0 atom stereocenters. The lowest BCUT2D eigenvalue weighted by Gasteiger charge is -2.40. The van der Waals surface area contributed by atoms with E-state index in [1.165, 1.54) is 16.7 Å². The number of aryl methyl sites for hydroxylation is 1. The normalized spacial score (nSPS) is 13.5. The maximum Gasteiger partial charge on any atom is 0.343 e. The fourth-order valence-corrected chi connectivity index (χ4v) is 7.93. The minimum Gasteiger partial charge on any atom is -0.493 e. The largest absolute Gasteiger partial charge is 0.493 e. The van der Waals surface area contributed by atoms with Gasteiger partial charge in [0.05, 0.1) is 57.0 Å². The average Bonchev–Trinajstić information content (AvgIpc) is 3.62. The van der Waals surface area contributed by atoms with Crippen molar-refractivity contribution in [1.82, 2.24) is 0 Å². The van der Waals surface area contributed by atoms with Crippen LogP contribution in [0.5, 0.6) is 17.2 Å². The summed E-state index contributed by atoms with van der Waals surface area (Å²) in [6.45, 7) is 12.4. The number of hydrogen-bond acceptors (Lipinski definition) is 9. The summed E-state index contributed by atoms with van der Waals surface area (Å²) in [5, 5.41) is 0. The molecule has 0 spiro atoms. The third-order valence-corrected chi connectivity index (χ3v) is 11.8. The zero-order chi connectivity index (χ0) is 44.7. The third kappa shape index (κ3) is 11.6. The summed E-state index contributed by atoms with van der Waals surface area (Å²) in [7, 11) is 1.55. The molecule has 9 nitrogen and oxygen atoms in total. The van der Waals surface area contributed by atoms with Crippen LogP contribution in [-0.4, -0.2) is 64.9 Å². The molecule has 0 bridgehead atoms. The van der Waals surface area contributed by atoms with E-state index >= 15 is 0 Å². The molecular weight excluding hydrogens is 803 g/mol. The molecule has 64 heavy (non-hydrogen) atoms. The average molecular weight is 862 g/mol. The van der Waals surface area contributed by atoms with E-state index in [1.807, 2.05) is 54.6 Å². The third-order valence-electron chi connectivity index (χ3n) is 11.8. The lowest BCUT2D eigenvalue weighted by Crippen LogP contribution is -2.45. The Morgan fingerprint density at radius 1 is 0.703 bits per heavy atom. The molecule has 0 aromatic heterocycles. The van der Waals surface area contributed by atoms with Gasteiger partial charge in [-0.25, -0.2) is 9.59 Å². The maximum absolute atomic E-state index is 13.7. The highest BCUT2D eigenvalue weighted by Crippen LogP contribution is 2.44.